The summed E-state index contributed by atoms with van der Waals surface area (Å²) in [6, 6.07) is 8.56. The van der Waals surface area contributed by atoms with Crippen molar-refractivity contribution in [3.8, 4) is 0 Å². The molecule has 0 aliphatic heterocycles. The lowest BCUT2D eigenvalue weighted by atomic mass is 10.3. The first kappa shape index (κ1) is 10.7. The third-order valence-corrected chi connectivity index (χ3v) is 3.19. The number of aryl methyl sites for hydroxylation is 2. The first-order valence-electron chi connectivity index (χ1n) is 4.21. The van der Waals surface area contributed by atoms with E-state index in [2.05, 4.69) is 42.7 Å². The normalized spacial score (nSPS) is 10.0. The van der Waals surface area contributed by atoms with Crippen molar-refractivity contribution in [3.63, 3.8) is 0 Å². The molecule has 13 heavy (non-hydrogen) atoms. The summed E-state index contributed by atoms with van der Waals surface area (Å²) in [4.78, 5) is 0. The lowest BCUT2D eigenvalue weighted by Gasteiger charge is -1.91. The van der Waals surface area contributed by atoms with Crippen LogP contribution in [0.25, 0.3) is 10.2 Å². The van der Waals surface area contributed by atoms with Crippen LogP contribution in [-0.2, 0) is 6.54 Å². The molecule has 1 heterocycles. The first-order chi connectivity index (χ1) is 5.83. The molecule has 2 rings (SSSR count). The van der Waals surface area contributed by atoms with Gasteiger partial charge < -0.3 is 17.0 Å². The molecule has 1 aromatic carbocycles. The highest BCUT2D eigenvalue weighted by atomic mass is 79.9. The van der Waals surface area contributed by atoms with Gasteiger partial charge in [0.2, 0.25) is 5.52 Å². The van der Waals surface area contributed by atoms with Gasteiger partial charge in [-0.25, -0.2) is 4.57 Å². The van der Waals surface area contributed by atoms with Gasteiger partial charge in [-0.1, -0.05) is 0 Å². The molecule has 3 heteroatoms. The van der Waals surface area contributed by atoms with Crippen LogP contribution in [0, 0.1) is 6.92 Å². The second-order valence-electron chi connectivity index (χ2n) is 2.83. The van der Waals surface area contributed by atoms with Gasteiger partial charge >= 0.3 is 0 Å². The van der Waals surface area contributed by atoms with E-state index in [1.54, 1.807) is 0 Å². The molecule has 0 saturated heterocycles. The lowest BCUT2D eigenvalue weighted by molar-refractivity contribution is -0.00000246. The molecule has 2 aromatic rings. The molecule has 0 fully saturated rings. The minimum atomic E-state index is 0. The van der Waals surface area contributed by atoms with Gasteiger partial charge in [0.05, 0.1) is 0 Å². The van der Waals surface area contributed by atoms with E-state index in [4.69, 9.17) is 0 Å². The Bertz CT molecular complexity index is 408. The van der Waals surface area contributed by atoms with E-state index >= 15 is 0 Å². The van der Waals surface area contributed by atoms with Gasteiger partial charge in [0.25, 0.3) is 0 Å². The Morgan fingerprint density at radius 1 is 1.38 bits per heavy atom. The molecular formula is C10H12BrNS. The average Bonchev–Trinajstić information content (AvgIpc) is 2.40. The number of rotatable bonds is 1. The first-order valence-corrected chi connectivity index (χ1v) is 5.02. The molecule has 0 spiro atoms. The summed E-state index contributed by atoms with van der Waals surface area (Å²) < 4.78 is 3.73. The van der Waals surface area contributed by atoms with Gasteiger partial charge in [-0.2, -0.15) is 0 Å². The number of benzene rings is 1. The number of para-hydroxylation sites is 1. The lowest BCUT2D eigenvalue weighted by Crippen LogP contribution is -3.00. The van der Waals surface area contributed by atoms with Crippen molar-refractivity contribution < 1.29 is 17.0 Å². The summed E-state index contributed by atoms with van der Waals surface area (Å²) in [5, 5.41) is 1.39. The zero-order valence-corrected chi connectivity index (χ0v) is 10.2. The van der Waals surface area contributed by atoms with Crippen LogP contribution in [0.3, 0.4) is 0 Å². The Morgan fingerprint density at radius 2 is 2.08 bits per heavy atom. The molecular weight excluding hydrogens is 246 g/mol. The third kappa shape index (κ3) is 1.76. The minimum absolute atomic E-state index is 0. The molecule has 0 aliphatic rings. The Balaban J connectivity index is 0.000000845. The zero-order valence-electron chi connectivity index (χ0n) is 7.75. The predicted octanol–water partition coefficient (Wildman–Crippen LogP) is 0.316. The predicted molar refractivity (Wildman–Crippen MR) is 54.6 cm³/mol. The van der Waals surface area contributed by atoms with E-state index in [1.807, 2.05) is 11.3 Å². The molecule has 0 unspecified atom stereocenters. The van der Waals surface area contributed by atoms with E-state index in [0.29, 0.717) is 0 Å². The minimum Gasteiger partial charge on any atom is -1.00 e. The Morgan fingerprint density at radius 3 is 2.77 bits per heavy atom. The molecule has 70 valence electrons. The van der Waals surface area contributed by atoms with Crippen LogP contribution >= 0.6 is 11.3 Å². The fourth-order valence-electron chi connectivity index (χ4n) is 1.54. The molecule has 0 aliphatic carbocycles. The Hall–Kier alpha value is -0.410. The molecule has 0 radical (unpaired) electrons. The SMILES string of the molecule is CCn1c2ccccc2s[c+]1C.[Br-]. The maximum absolute atomic E-state index is 2.35. The fraction of sp³-hybridized carbons (Fsp3) is 0.300. The van der Waals surface area contributed by atoms with Crippen molar-refractivity contribution >= 4 is 21.6 Å². The van der Waals surface area contributed by atoms with E-state index in [1.165, 1.54) is 15.2 Å². The van der Waals surface area contributed by atoms with Crippen molar-refractivity contribution in [1.29, 1.82) is 0 Å². The van der Waals surface area contributed by atoms with E-state index in [0.717, 1.165) is 6.54 Å². The smallest absolute Gasteiger partial charge is 0.204 e. The van der Waals surface area contributed by atoms with Crippen molar-refractivity contribution in [2.24, 2.45) is 0 Å². The summed E-state index contributed by atoms with van der Waals surface area (Å²) in [6.07, 6.45) is 0. The number of halogens is 1. The van der Waals surface area contributed by atoms with Crippen LogP contribution in [0.5, 0.6) is 0 Å². The molecule has 0 bridgehead atoms. The summed E-state index contributed by atoms with van der Waals surface area (Å²) >= 11 is 1.87. The van der Waals surface area contributed by atoms with E-state index in [-0.39, 0.29) is 17.0 Å². The number of fused-ring (bicyclic) bond motifs is 1. The highest BCUT2D eigenvalue weighted by Crippen LogP contribution is 2.24. The van der Waals surface area contributed by atoms with Crippen molar-refractivity contribution in [2.45, 2.75) is 20.4 Å². The van der Waals surface area contributed by atoms with Crippen LogP contribution in [0.2, 0.25) is 0 Å². The van der Waals surface area contributed by atoms with Gasteiger partial charge in [0.1, 0.15) is 0 Å². The monoisotopic (exact) mass is 257 g/mol. The summed E-state index contributed by atoms with van der Waals surface area (Å²) in [7, 11) is 0. The fourth-order valence-corrected chi connectivity index (χ4v) is 2.63. The maximum Gasteiger partial charge on any atom is 0.204 e. The second-order valence-corrected chi connectivity index (χ2v) is 4.07. The standard InChI is InChI=1S/C10H12NS.BrH/c1-3-11-8(2)12-10-7-5-4-6-9(10)11;/h4-7H,3H2,1-2H3;1H/q+1;/p-1. The number of hydrogen-bond donors (Lipinski definition) is 0. The van der Waals surface area contributed by atoms with Gasteiger partial charge in [-0.3, -0.25) is 0 Å². The molecule has 0 atom stereocenters. The van der Waals surface area contributed by atoms with Gasteiger partial charge in [0.15, 0.2) is 9.71 Å². The summed E-state index contributed by atoms with van der Waals surface area (Å²) in [5.74, 6) is 0. The Kier molecular flexibility index (Phi) is 3.45. The molecule has 1 nitrogen and oxygen atoms in total. The number of hydrogen-bond acceptors (Lipinski definition) is 1. The maximum atomic E-state index is 2.35. The van der Waals surface area contributed by atoms with Crippen LogP contribution in [0.4, 0.5) is 0 Å². The average molecular weight is 258 g/mol. The number of thiazole rings is 1. The third-order valence-electron chi connectivity index (χ3n) is 2.11. The van der Waals surface area contributed by atoms with E-state index in [9.17, 15) is 0 Å². The Labute approximate surface area is 92.8 Å². The van der Waals surface area contributed by atoms with E-state index < -0.39 is 0 Å². The molecule has 1 aromatic heterocycles. The van der Waals surface area contributed by atoms with Crippen LogP contribution < -0.4 is 17.0 Å². The van der Waals surface area contributed by atoms with Gasteiger partial charge in [0, 0.05) is 36.9 Å². The summed E-state index contributed by atoms with van der Waals surface area (Å²) in [5.41, 5.74) is 1.36. The highest BCUT2D eigenvalue weighted by Gasteiger charge is 2.13. The van der Waals surface area contributed by atoms with Gasteiger partial charge in [-0.15, -0.1) is 0 Å². The van der Waals surface area contributed by atoms with Crippen LogP contribution in [-0.4, -0.2) is 4.57 Å². The number of aromatic nitrogens is 1. The van der Waals surface area contributed by atoms with Crippen molar-refractivity contribution in [2.75, 3.05) is 0 Å². The molecule has 0 N–H and O–H groups in total. The largest absolute Gasteiger partial charge is 1.00 e. The van der Waals surface area contributed by atoms with Gasteiger partial charge in [-0.05, 0) is 19.1 Å². The van der Waals surface area contributed by atoms with Crippen molar-refractivity contribution in [3.05, 3.63) is 29.3 Å². The topological polar surface area (TPSA) is 4.93 Å². The zero-order chi connectivity index (χ0) is 8.55. The highest BCUT2D eigenvalue weighted by molar-refractivity contribution is 7.18. The van der Waals surface area contributed by atoms with Crippen LogP contribution in [0.15, 0.2) is 24.3 Å². The summed E-state index contributed by atoms with van der Waals surface area (Å²) in [6.45, 7) is 5.43. The van der Waals surface area contributed by atoms with Crippen LogP contribution in [0.1, 0.15) is 11.9 Å². The molecule has 0 saturated carbocycles. The quantitative estimate of drug-likeness (QED) is 0.649. The molecule has 0 amide bonds. The number of nitrogens with zero attached hydrogens (tertiary/aromatic N) is 1. The second kappa shape index (κ2) is 4.20. The van der Waals surface area contributed by atoms with Crippen molar-refractivity contribution in [1.82, 2.24) is 4.57 Å².